The van der Waals surface area contributed by atoms with Crippen molar-refractivity contribution in [3.8, 4) is 17.1 Å². The molecule has 22 heavy (non-hydrogen) atoms. The van der Waals surface area contributed by atoms with Gasteiger partial charge in [-0.25, -0.2) is 9.37 Å². The monoisotopic (exact) mass is 298 g/mol. The molecule has 5 nitrogen and oxygen atoms in total. The number of aromatic amines is 1. The Morgan fingerprint density at radius 1 is 1.00 bits per heavy atom. The molecule has 0 spiro atoms. The molecule has 0 aliphatic heterocycles. The standard InChI is InChI=1S/C16H15FN4O/c1-9-10(2)19-16(11(3)18-9)21-15(22)8-14(20-21)12-4-6-13(17)7-5-12/h4-8,20H,1-3H3. The lowest BCUT2D eigenvalue weighted by molar-refractivity contribution is 0.628. The average molecular weight is 298 g/mol. The van der Waals surface area contributed by atoms with E-state index >= 15 is 0 Å². The van der Waals surface area contributed by atoms with E-state index in [0.29, 0.717) is 17.2 Å². The van der Waals surface area contributed by atoms with E-state index in [1.807, 2.05) is 13.8 Å². The summed E-state index contributed by atoms with van der Waals surface area (Å²) in [6.07, 6.45) is 0. The fraction of sp³-hybridized carbons (Fsp3) is 0.188. The van der Waals surface area contributed by atoms with Crippen LogP contribution in [0.1, 0.15) is 17.1 Å². The zero-order valence-corrected chi connectivity index (χ0v) is 12.5. The van der Waals surface area contributed by atoms with Gasteiger partial charge in [0.15, 0.2) is 5.82 Å². The molecule has 0 atom stereocenters. The topological polar surface area (TPSA) is 63.6 Å². The van der Waals surface area contributed by atoms with Gasteiger partial charge in [-0.2, -0.15) is 4.68 Å². The van der Waals surface area contributed by atoms with E-state index in [1.54, 1.807) is 19.1 Å². The van der Waals surface area contributed by atoms with Gasteiger partial charge in [0.25, 0.3) is 5.56 Å². The molecule has 0 radical (unpaired) electrons. The predicted octanol–water partition coefficient (Wildman–Crippen LogP) is 2.69. The number of nitrogens with one attached hydrogen (secondary N) is 1. The van der Waals surface area contributed by atoms with Crippen LogP contribution in [-0.4, -0.2) is 19.7 Å². The van der Waals surface area contributed by atoms with Crippen LogP contribution in [0.15, 0.2) is 35.1 Å². The first-order valence-electron chi connectivity index (χ1n) is 6.86. The maximum absolute atomic E-state index is 13.0. The Labute approximate surface area is 126 Å². The van der Waals surface area contributed by atoms with Crippen LogP contribution in [0.4, 0.5) is 4.39 Å². The molecule has 3 aromatic rings. The van der Waals surface area contributed by atoms with Crippen molar-refractivity contribution < 1.29 is 4.39 Å². The molecule has 1 N–H and O–H groups in total. The molecule has 0 saturated carbocycles. The van der Waals surface area contributed by atoms with Crippen molar-refractivity contribution in [3.05, 3.63) is 63.6 Å². The summed E-state index contributed by atoms with van der Waals surface area (Å²) in [6.45, 7) is 5.53. The SMILES string of the molecule is Cc1nc(C)c(-n2[nH]c(-c3ccc(F)cc3)cc2=O)nc1C. The van der Waals surface area contributed by atoms with Gasteiger partial charge in [0, 0.05) is 6.07 Å². The first kappa shape index (κ1) is 14.2. The summed E-state index contributed by atoms with van der Waals surface area (Å²) in [7, 11) is 0. The van der Waals surface area contributed by atoms with E-state index in [-0.39, 0.29) is 11.4 Å². The first-order valence-corrected chi connectivity index (χ1v) is 6.86. The van der Waals surface area contributed by atoms with E-state index in [2.05, 4.69) is 15.1 Å². The fourth-order valence-corrected chi connectivity index (χ4v) is 2.25. The van der Waals surface area contributed by atoms with Gasteiger partial charge in [0.2, 0.25) is 0 Å². The van der Waals surface area contributed by atoms with Gasteiger partial charge in [-0.1, -0.05) is 0 Å². The van der Waals surface area contributed by atoms with Crippen molar-refractivity contribution in [2.45, 2.75) is 20.8 Å². The lowest BCUT2D eigenvalue weighted by atomic mass is 10.1. The number of nitrogens with zero attached hydrogens (tertiary/aromatic N) is 3. The van der Waals surface area contributed by atoms with Crippen molar-refractivity contribution in [1.29, 1.82) is 0 Å². The molecule has 0 amide bonds. The highest BCUT2D eigenvalue weighted by Crippen LogP contribution is 2.17. The second-order valence-electron chi connectivity index (χ2n) is 5.15. The van der Waals surface area contributed by atoms with Gasteiger partial charge in [-0.05, 0) is 50.6 Å². The summed E-state index contributed by atoms with van der Waals surface area (Å²) in [5.74, 6) is 0.155. The van der Waals surface area contributed by atoms with Crippen LogP contribution in [-0.2, 0) is 0 Å². The van der Waals surface area contributed by atoms with Gasteiger partial charge in [-0.15, -0.1) is 0 Å². The van der Waals surface area contributed by atoms with E-state index in [1.165, 1.54) is 22.9 Å². The molecular weight excluding hydrogens is 283 g/mol. The Hall–Kier alpha value is -2.76. The third-order valence-corrected chi connectivity index (χ3v) is 3.54. The zero-order chi connectivity index (χ0) is 15.9. The molecular formula is C16H15FN4O. The minimum atomic E-state index is -0.318. The maximum atomic E-state index is 13.0. The molecule has 0 aliphatic carbocycles. The highest BCUT2D eigenvalue weighted by molar-refractivity contribution is 5.58. The van der Waals surface area contributed by atoms with E-state index < -0.39 is 0 Å². The molecule has 0 aliphatic rings. The number of H-pyrrole nitrogens is 1. The summed E-state index contributed by atoms with van der Waals surface area (Å²) >= 11 is 0. The van der Waals surface area contributed by atoms with Gasteiger partial charge in [-0.3, -0.25) is 14.9 Å². The van der Waals surface area contributed by atoms with E-state index in [0.717, 1.165) is 17.0 Å². The number of benzene rings is 1. The normalized spacial score (nSPS) is 10.9. The number of aromatic nitrogens is 4. The van der Waals surface area contributed by atoms with Gasteiger partial charge in [0.05, 0.1) is 22.8 Å². The maximum Gasteiger partial charge on any atom is 0.273 e. The van der Waals surface area contributed by atoms with Crippen molar-refractivity contribution in [2.24, 2.45) is 0 Å². The highest BCUT2D eigenvalue weighted by Gasteiger charge is 2.12. The van der Waals surface area contributed by atoms with Gasteiger partial charge >= 0.3 is 0 Å². The highest BCUT2D eigenvalue weighted by atomic mass is 19.1. The quantitative estimate of drug-likeness (QED) is 0.791. The van der Waals surface area contributed by atoms with Crippen molar-refractivity contribution in [2.75, 3.05) is 0 Å². The minimum Gasteiger partial charge on any atom is -0.289 e. The van der Waals surface area contributed by atoms with Gasteiger partial charge < -0.3 is 0 Å². The molecule has 3 rings (SSSR count). The molecule has 2 heterocycles. The zero-order valence-electron chi connectivity index (χ0n) is 12.5. The van der Waals surface area contributed by atoms with Crippen LogP contribution in [0.5, 0.6) is 0 Å². The number of hydrogen-bond acceptors (Lipinski definition) is 3. The predicted molar refractivity (Wildman–Crippen MR) is 81.6 cm³/mol. The number of hydrogen-bond donors (Lipinski definition) is 1. The van der Waals surface area contributed by atoms with Crippen molar-refractivity contribution in [1.82, 2.24) is 19.7 Å². The molecule has 0 unspecified atom stereocenters. The third-order valence-electron chi connectivity index (χ3n) is 3.54. The lowest BCUT2D eigenvalue weighted by Gasteiger charge is -2.08. The Morgan fingerprint density at radius 3 is 2.32 bits per heavy atom. The van der Waals surface area contributed by atoms with Crippen LogP contribution in [0.3, 0.4) is 0 Å². The lowest BCUT2D eigenvalue weighted by Crippen LogP contribution is -2.18. The van der Waals surface area contributed by atoms with Crippen molar-refractivity contribution >= 4 is 0 Å². The molecule has 6 heteroatoms. The van der Waals surface area contributed by atoms with Crippen LogP contribution < -0.4 is 5.56 Å². The van der Waals surface area contributed by atoms with Crippen LogP contribution in [0, 0.1) is 26.6 Å². The van der Waals surface area contributed by atoms with Gasteiger partial charge in [0.1, 0.15) is 5.82 Å². The average Bonchev–Trinajstić information content (AvgIpc) is 2.85. The largest absolute Gasteiger partial charge is 0.289 e. The summed E-state index contributed by atoms with van der Waals surface area (Å²) < 4.78 is 14.3. The molecule has 0 fully saturated rings. The molecule has 0 bridgehead atoms. The second kappa shape index (κ2) is 5.22. The first-order chi connectivity index (χ1) is 10.5. The third kappa shape index (κ3) is 2.43. The van der Waals surface area contributed by atoms with Crippen molar-refractivity contribution in [3.63, 3.8) is 0 Å². The number of rotatable bonds is 2. The molecule has 1 aromatic carbocycles. The number of aryl methyl sites for hydroxylation is 3. The summed E-state index contributed by atoms with van der Waals surface area (Å²) in [5, 5.41) is 3.00. The minimum absolute atomic E-state index is 0.236. The summed E-state index contributed by atoms with van der Waals surface area (Å²) in [6, 6.07) is 7.40. The Kier molecular flexibility index (Phi) is 3.36. The molecule has 2 aromatic heterocycles. The Balaban J connectivity index is 2.12. The fourth-order valence-electron chi connectivity index (χ4n) is 2.25. The van der Waals surface area contributed by atoms with E-state index in [4.69, 9.17) is 0 Å². The molecule has 112 valence electrons. The van der Waals surface area contributed by atoms with E-state index in [9.17, 15) is 9.18 Å². The number of halogens is 1. The second-order valence-corrected chi connectivity index (χ2v) is 5.15. The van der Waals surface area contributed by atoms with Crippen LogP contribution in [0.2, 0.25) is 0 Å². The van der Waals surface area contributed by atoms with Crippen LogP contribution >= 0.6 is 0 Å². The van der Waals surface area contributed by atoms with Crippen LogP contribution in [0.25, 0.3) is 17.1 Å². The molecule has 0 saturated heterocycles. The Morgan fingerprint density at radius 2 is 1.64 bits per heavy atom. The Bertz CT molecular complexity index is 893. The smallest absolute Gasteiger partial charge is 0.273 e. The summed E-state index contributed by atoms with van der Waals surface area (Å²) in [4.78, 5) is 21.0. The summed E-state index contributed by atoms with van der Waals surface area (Å²) in [5.41, 5.74) is 3.36.